The second kappa shape index (κ2) is 6.09. The lowest BCUT2D eigenvalue weighted by Crippen LogP contribution is -2.24. The number of aryl methyl sites for hydroxylation is 1. The summed E-state index contributed by atoms with van der Waals surface area (Å²) in [5.41, 5.74) is 8.47. The van der Waals surface area contributed by atoms with Crippen molar-refractivity contribution in [2.45, 2.75) is 13.5 Å². The topological polar surface area (TPSA) is 92.4 Å². The number of aromatic carboxylic acids is 1. The number of carboxylic acid groups (broad SMARTS) is 1. The maximum absolute atomic E-state index is 12.1. The summed E-state index contributed by atoms with van der Waals surface area (Å²) < 4.78 is 0. The van der Waals surface area contributed by atoms with E-state index >= 15 is 0 Å². The molecule has 4 N–H and O–H groups in total. The number of carbonyl (C=O) groups excluding carboxylic acids is 1. The monoisotopic (exact) mass is 284 g/mol. The Kier molecular flexibility index (Phi) is 4.23. The normalized spacial score (nSPS) is 10.1. The predicted octanol–water partition coefficient (Wildman–Crippen LogP) is 2.21. The second-order valence-electron chi connectivity index (χ2n) is 4.78. The number of amides is 1. The van der Waals surface area contributed by atoms with Gasteiger partial charge in [-0.1, -0.05) is 23.8 Å². The van der Waals surface area contributed by atoms with Crippen LogP contribution in [0.1, 0.15) is 31.8 Å². The average molecular weight is 284 g/mol. The lowest BCUT2D eigenvalue weighted by atomic mass is 10.1. The number of anilines is 1. The standard InChI is InChI=1S/C16H16N2O3/c1-10-5-6-14(17)13(7-10)15(19)18-9-11-3-2-4-12(8-11)16(20)21/h2-8H,9,17H2,1H3,(H,18,19)(H,20,21). The molecule has 0 saturated carbocycles. The van der Waals surface area contributed by atoms with E-state index in [1.807, 2.05) is 13.0 Å². The van der Waals surface area contributed by atoms with E-state index in [9.17, 15) is 9.59 Å². The van der Waals surface area contributed by atoms with Crippen LogP contribution >= 0.6 is 0 Å². The van der Waals surface area contributed by atoms with Crippen molar-refractivity contribution in [1.82, 2.24) is 5.32 Å². The highest BCUT2D eigenvalue weighted by atomic mass is 16.4. The lowest BCUT2D eigenvalue weighted by molar-refractivity contribution is 0.0696. The number of hydrogen-bond donors (Lipinski definition) is 3. The molecule has 0 unspecified atom stereocenters. The molecule has 0 aliphatic rings. The molecule has 0 radical (unpaired) electrons. The first-order valence-corrected chi connectivity index (χ1v) is 6.44. The number of nitrogens with one attached hydrogen (secondary N) is 1. The van der Waals surface area contributed by atoms with Crippen LogP contribution in [0.25, 0.3) is 0 Å². The van der Waals surface area contributed by atoms with Crippen LogP contribution in [0, 0.1) is 6.92 Å². The van der Waals surface area contributed by atoms with Gasteiger partial charge in [-0.2, -0.15) is 0 Å². The van der Waals surface area contributed by atoms with Crippen LogP contribution in [0.15, 0.2) is 42.5 Å². The van der Waals surface area contributed by atoms with Gasteiger partial charge in [0, 0.05) is 12.2 Å². The van der Waals surface area contributed by atoms with E-state index < -0.39 is 5.97 Å². The summed E-state index contributed by atoms with van der Waals surface area (Å²) in [4.78, 5) is 23.0. The van der Waals surface area contributed by atoms with Crippen LogP contribution in [0.4, 0.5) is 5.69 Å². The Morgan fingerprint density at radius 3 is 2.67 bits per heavy atom. The number of nitrogens with two attached hydrogens (primary N) is 1. The summed E-state index contributed by atoms with van der Waals surface area (Å²) in [6.45, 7) is 2.12. The van der Waals surface area contributed by atoms with Crippen molar-refractivity contribution in [3.63, 3.8) is 0 Å². The van der Waals surface area contributed by atoms with Crippen molar-refractivity contribution in [3.05, 3.63) is 64.7 Å². The van der Waals surface area contributed by atoms with Gasteiger partial charge in [-0.05, 0) is 36.8 Å². The first-order valence-electron chi connectivity index (χ1n) is 6.44. The van der Waals surface area contributed by atoms with Crippen LogP contribution < -0.4 is 11.1 Å². The summed E-state index contributed by atoms with van der Waals surface area (Å²) >= 11 is 0. The molecule has 5 nitrogen and oxygen atoms in total. The van der Waals surface area contributed by atoms with E-state index in [1.165, 1.54) is 12.1 Å². The van der Waals surface area contributed by atoms with Gasteiger partial charge >= 0.3 is 5.97 Å². The molecule has 2 aromatic carbocycles. The van der Waals surface area contributed by atoms with E-state index in [-0.39, 0.29) is 18.0 Å². The van der Waals surface area contributed by atoms with Crippen molar-refractivity contribution < 1.29 is 14.7 Å². The van der Waals surface area contributed by atoms with Gasteiger partial charge in [0.1, 0.15) is 0 Å². The third-order valence-corrected chi connectivity index (χ3v) is 3.08. The maximum Gasteiger partial charge on any atom is 0.335 e. The smallest absolute Gasteiger partial charge is 0.335 e. The Balaban J connectivity index is 2.09. The maximum atomic E-state index is 12.1. The minimum atomic E-state index is -0.994. The molecule has 21 heavy (non-hydrogen) atoms. The molecule has 1 amide bonds. The van der Waals surface area contributed by atoms with Crippen molar-refractivity contribution in [2.75, 3.05) is 5.73 Å². The summed E-state index contributed by atoms with van der Waals surface area (Å²) in [7, 11) is 0. The number of carboxylic acids is 1. The quantitative estimate of drug-likeness (QED) is 0.750. The lowest BCUT2D eigenvalue weighted by Gasteiger charge is -2.09. The zero-order chi connectivity index (χ0) is 15.4. The number of nitrogen functional groups attached to an aromatic ring is 1. The number of carbonyl (C=O) groups is 2. The highest BCUT2D eigenvalue weighted by Crippen LogP contribution is 2.14. The molecule has 5 heteroatoms. The van der Waals surface area contributed by atoms with Gasteiger partial charge in [0.25, 0.3) is 5.91 Å². The highest BCUT2D eigenvalue weighted by Gasteiger charge is 2.10. The Labute approximate surface area is 122 Å². The average Bonchev–Trinajstić information content (AvgIpc) is 2.47. The van der Waals surface area contributed by atoms with E-state index in [1.54, 1.807) is 24.3 Å². The van der Waals surface area contributed by atoms with Crippen molar-refractivity contribution in [3.8, 4) is 0 Å². The zero-order valence-corrected chi connectivity index (χ0v) is 11.6. The van der Waals surface area contributed by atoms with Gasteiger partial charge in [-0.15, -0.1) is 0 Å². The number of benzene rings is 2. The first kappa shape index (κ1) is 14.6. The van der Waals surface area contributed by atoms with Gasteiger partial charge < -0.3 is 16.2 Å². The third kappa shape index (κ3) is 3.60. The first-order chi connectivity index (χ1) is 9.97. The van der Waals surface area contributed by atoms with Gasteiger partial charge in [-0.25, -0.2) is 4.79 Å². The fraction of sp³-hybridized carbons (Fsp3) is 0.125. The van der Waals surface area contributed by atoms with Crippen LogP contribution in [0.3, 0.4) is 0 Å². The van der Waals surface area contributed by atoms with Gasteiger partial charge in [0.15, 0.2) is 0 Å². The van der Waals surface area contributed by atoms with Gasteiger partial charge in [-0.3, -0.25) is 4.79 Å². The fourth-order valence-electron chi connectivity index (χ4n) is 1.96. The van der Waals surface area contributed by atoms with Crippen LogP contribution in [0.5, 0.6) is 0 Å². The number of hydrogen-bond acceptors (Lipinski definition) is 3. The minimum Gasteiger partial charge on any atom is -0.478 e. The van der Waals surface area contributed by atoms with Gasteiger partial charge in [0.2, 0.25) is 0 Å². The molecule has 0 aromatic heterocycles. The molecule has 0 saturated heterocycles. The van der Waals surface area contributed by atoms with Crippen molar-refractivity contribution in [2.24, 2.45) is 0 Å². The molecule has 0 atom stereocenters. The molecule has 108 valence electrons. The Morgan fingerprint density at radius 1 is 1.19 bits per heavy atom. The number of rotatable bonds is 4. The molecule has 0 bridgehead atoms. The predicted molar refractivity (Wildman–Crippen MR) is 80.2 cm³/mol. The van der Waals surface area contributed by atoms with Crippen LogP contribution in [-0.2, 0) is 6.54 Å². The molecule has 0 heterocycles. The summed E-state index contributed by atoms with van der Waals surface area (Å²) in [5, 5.41) is 11.7. The van der Waals surface area contributed by atoms with E-state index in [0.717, 1.165) is 11.1 Å². The van der Waals surface area contributed by atoms with Crippen LogP contribution in [0.2, 0.25) is 0 Å². The van der Waals surface area contributed by atoms with Crippen LogP contribution in [-0.4, -0.2) is 17.0 Å². The second-order valence-corrected chi connectivity index (χ2v) is 4.78. The SMILES string of the molecule is Cc1ccc(N)c(C(=O)NCc2cccc(C(=O)O)c2)c1. The molecule has 0 aliphatic heterocycles. The molecule has 2 aromatic rings. The van der Waals surface area contributed by atoms with E-state index in [0.29, 0.717) is 11.3 Å². The van der Waals surface area contributed by atoms with E-state index in [2.05, 4.69) is 5.32 Å². The summed E-state index contributed by atoms with van der Waals surface area (Å²) in [6, 6.07) is 11.7. The third-order valence-electron chi connectivity index (χ3n) is 3.08. The Bertz CT molecular complexity index is 696. The van der Waals surface area contributed by atoms with Gasteiger partial charge in [0.05, 0.1) is 11.1 Å². The Hall–Kier alpha value is -2.82. The van der Waals surface area contributed by atoms with E-state index in [4.69, 9.17) is 10.8 Å². The van der Waals surface area contributed by atoms with Crippen molar-refractivity contribution in [1.29, 1.82) is 0 Å². The molecular weight excluding hydrogens is 268 g/mol. The van der Waals surface area contributed by atoms with Crippen molar-refractivity contribution >= 4 is 17.6 Å². The highest BCUT2D eigenvalue weighted by molar-refractivity contribution is 5.99. The molecule has 0 aliphatic carbocycles. The molecule has 0 fully saturated rings. The minimum absolute atomic E-state index is 0.191. The Morgan fingerprint density at radius 2 is 1.95 bits per heavy atom. The molecular formula is C16H16N2O3. The molecule has 2 rings (SSSR count). The largest absolute Gasteiger partial charge is 0.478 e. The fourth-order valence-corrected chi connectivity index (χ4v) is 1.96. The summed E-state index contributed by atoms with van der Waals surface area (Å²) in [5.74, 6) is -1.27. The molecule has 0 spiro atoms. The summed E-state index contributed by atoms with van der Waals surface area (Å²) in [6.07, 6.45) is 0. The zero-order valence-electron chi connectivity index (χ0n) is 11.6.